The van der Waals surface area contributed by atoms with Crippen LogP contribution in [-0.4, -0.2) is 69.9 Å². The lowest BCUT2D eigenvalue weighted by molar-refractivity contribution is -0.278. The number of aliphatic hydroxyl groups excluding tert-OH is 3. The number of hydrogen-bond acceptors (Lipinski definition) is 9. The maximum absolute atomic E-state index is 12.1. The van der Waals surface area contributed by atoms with Gasteiger partial charge in [-0.05, 0) is 18.2 Å². The fraction of sp³-hybridized carbons (Fsp3) is 0.429. The van der Waals surface area contributed by atoms with Gasteiger partial charge >= 0.3 is 11.9 Å². The SMILES string of the molecule is O=C(OC1OC(C(=O)O)C(O)C(O)C1O)c1ccc2c(c1)OCO2. The predicted molar refractivity (Wildman–Crippen MR) is 72.3 cm³/mol. The van der Waals surface area contributed by atoms with E-state index in [0.717, 1.165) is 0 Å². The molecule has 4 N–H and O–H groups in total. The molecule has 2 aliphatic heterocycles. The Hall–Kier alpha value is -2.40. The molecular formula is C14H14O10. The largest absolute Gasteiger partial charge is 0.479 e. The first-order chi connectivity index (χ1) is 11.4. The fourth-order valence-electron chi connectivity index (χ4n) is 2.35. The van der Waals surface area contributed by atoms with E-state index >= 15 is 0 Å². The molecule has 1 aromatic rings. The number of aliphatic hydroxyl groups is 3. The average Bonchev–Trinajstić information content (AvgIpc) is 3.02. The maximum atomic E-state index is 12.1. The van der Waals surface area contributed by atoms with E-state index in [4.69, 9.17) is 24.1 Å². The van der Waals surface area contributed by atoms with Crippen molar-refractivity contribution in [3.05, 3.63) is 23.8 Å². The van der Waals surface area contributed by atoms with Gasteiger partial charge < -0.3 is 39.4 Å². The number of carboxylic acids is 1. The highest BCUT2D eigenvalue weighted by molar-refractivity contribution is 5.90. The molecule has 5 atom stereocenters. The number of carbonyl (C=O) groups is 2. The number of ether oxygens (including phenoxy) is 4. The summed E-state index contributed by atoms with van der Waals surface area (Å²) in [5.41, 5.74) is 0.0440. The Balaban J connectivity index is 1.74. The first-order valence-electron chi connectivity index (χ1n) is 6.91. The van der Waals surface area contributed by atoms with Crippen molar-refractivity contribution in [2.24, 2.45) is 0 Å². The van der Waals surface area contributed by atoms with Crippen molar-refractivity contribution in [2.45, 2.75) is 30.7 Å². The molecular weight excluding hydrogens is 328 g/mol. The summed E-state index contributed by atoms with van der Waals surface area (Å²) in [6, 6.07) is 4.21. The van der Waals surface area contributed by atoms with Crippen LogP contribution in [0, 0.1) is 0 Å². The second kappa shape index (κ2) is 6.24. The summed E-state index contributed by atoms with van der Waals surface area (Å²) < 4.78 is 20.0. The van der Waals surface area contributed by atoms with Crippen LogP contribution < -0.4 is 9.47 Å². The molecule has 10 nitrogen and oxygen atoms in total. The van der Waals surface area contributed by atoms with E-state index in [1.807, 2.05) is 0 Å². The van der Waals surface area contributed by atoms with Crippen LogP contribution in [0.25, 0.3) is 0 Å². The molecule has 2 heterocycles. The average molecular weight is 342 g/mol. The second-order valence-corrected chi connectivity index (χ2v) is 5.21. The van der Waals surface area contributed by atoms with Gasteiger partial charge in [-0.25, -0.2) is 9.59 Å². The number of fused-ring (bicyclic) bond motifs is 1. The minimum Gasteiger partial charge on any atom is -0.479 e. The molecule has 0 aliphatic carbocycles. The maximum Gasteiger partial charge on any atom is 0.340 e. The van der Waals surface area contributed by atoms with Crippen LogP contribution in [0.15, 0.2) is 18.2 Å². The van der Waals surface area contributed by atoms with Gasteiger partial charge in [0.1, 0.15) is 18.3 Å². The lowest BCUT2D eigenvalue weighted by Gasteiger charge is -2.37. The number of hydrogen-bond donors (Lipinski definition) is 4. The van der Waals surface area contributed by atoms with Crippen LogP contribution in [0.1, 0.15) is 10.4 Å². The highest BCUT2D eigenvalue weighted by Crippen LogP contribution is 2.33. The lowest BCUT2D eigenvalue weighted by Crippen LogP contribution is -2.60. The van der Waals surface area contributed by atoms with Crippen molar-refractivity contribution >= 4 is 11.9 Å². The Bertz CT molecular complexity index is 659. The Morgan fingerprint density at radius 2 is 1.75 bits per heavy atom. The van der Waals surface area contributed by atoms with Crippen molar-refractivity contribution < 1.29 is 49.0 Å². The summed E-state index contributed by atoms with van der Waals surface area (Å²) in [4.78, 5) is 23.1. The van der Waals surface area contributed by atoms with Gasteiger partial charge in [0.2, 0.25) is 13.1 Å². The van der Waals surface area contributed by atoms with E-state index in [9.17, 15) is 24.9 Å². The minimum absolute atomic E-state index is 0.0165. The molecule has 1 aromatic carbocycles. The van der Waals surface area contributed by atoms with Crippen molar-refractivity contribution in [1.82, 2.24) is 0 Å². The highest BCUT2D eigenvalue weighted by atomic mass is 16.7. The summed E-state index contributed by atoms with van der Waals surface area (Å²) in [7, 11) is 0. The molecule has 130 valence electrons. The van der Waals surface area contributed by atoms with Gasteiger partial charge in [0.25, 0.3) is 0 Å². The summed E-state index contributed by atoms with van der Waals surface area (Å²) in [6.07, 6.45) is -9.14. The minimum atomic E-state index is -1.86. The molecule has 0 amide bonds. The van der Waals surface area contributed by atoms with E-state index in [1.54, 1.807) is 0 Å². The second-order valence-electron chi connectivity index (χ2n) is 5.21. The Morgan fingerprint density at radius 1 is 1.04 bits per heavy atom. The molecule has 0 radical (unpaired) electrons. The molecule has 5 unspecified atom stereocenters. The molecule has 3 rings (SSSR count). The lowest BCUT2D eigenvalue weighted by atomic mass is 9.99. The first-order valence-corrected chi connectivity index (χ1v) is 6.91. The van der Waals surface area contributed by atoms with Gasteiger partial charge in [-0.2, -0.15) is 0 Å². The third-order valence-corrected chi connectivity index (χ3v) is 3.64. The van der Waals surface area contributed by atoms with Gasteiger partial charge in [0.15, 0.2) is 17.6 Å². The molecule has 0 bridgehead atoms. The number of esters is 1. The Morgan fingerprint density at radius 3 is 2.46 bits per heavy atom. The standard InChI is InChI=1S/C14H14O10/c15-8-9(16)11(12(18)19)23-14(10(8)17)24-13(20)5-1-2-6-7(3-5)22-4-21-6/h1-3,8-11,14-17H,4H2,(H,18,19). The number of benzene rings is 1. The zero-order valence-corrected chi connectivity index (χ0v) is 12.1. The van der Waals surface area contributed by atoms with Crippen molar-refractivity contribution in [3.8, 4) is 11.5 Å². The summed E-state index contributed by atoms with van der Waals surface area (Å²) in [6.45, 7) is 0.0165. The van der Waals surface area contributed by atoms with E-state index in [1.165, 1.54) is 18.2 Å². The molecule has 0 saturated carbocycles. The monoisotopic (exact) mass is 342 g/mol. The molecule has 1 saturated heterocycles. The number of rotatable bonds is 3. The normalized spacial score (nSPS) is 31.5. The third-order valence-electron chi connectivity index (χ3n) is 3.64. The summed E-state index contributed by atoms with van der Waals surface area (Å²) in [5.74, 6) is -1.74. The Kier molecular flexibility index (Phi) is 4.28. The van der Waals surface area contributed by atoms with Crippen LogP contribution >= 0.6 is 0 Å². The zero-order valence-electron chi connectivity index (χ0n) is 12.1. The molecule has 2 aliphatic rings. The van der Waals surface area contributed by atoms with Crippen molar-refractivity contribution in [1.29, 1.82) is 0 Å². The van der Waals surface area contributed by atoms with Gasteiger partial charge in [-0.3, -0.25) is 0 Å². The zero-order chi connectivity index (χ0) is 17.4. The number of aliphatic carboxylic acids is 1. The highest BCUT2D eigenvalue weighted by Gasteiger charge is 2.48. The third kappa shape index (κ3) is 2.87. The number of carboxylic acid groups (broad SMARTS) is 1. The van der Waals surface area contributed by atoms with Gasteiger partial charge in [-0.15, -0.1) is 0 Å². The van der Waals surface area contributed by atoms with E-state index in [-0.39, 0.29) is 12.4 Å². The van der Waals surface area contributed by atoms with Gasteiger partial charge in [0, 0.05) is 0 Å². The topological polar surface area (TPSA) is 152 Å². The van der Waals surface area contributed by atoms with Crippen LogP contribution in [0.2, 0.25) is 0 Å². The van der Waals surface area contributed by atoms with Crippen LogP contribution in [-0.2, 0) is 14.3 Å². The van der Waals surface area contributed by atoms with Crippen molar-refractivity contribution in [2.75, 3.05) is 6.79 Å². The molecule has 0 aromatic heterocycles. The Labute approximate surface area is 134 Å². The van der Waals surface area contributed by atoms with Gasteiger partial charge in [-0.1, -0.05) is 0 Å². The van der Waals surface area contributed by atoms with E-state index < -0.39 is 42.6 Å². The van der Waals surface area contributed by atoms with E-state index in [2.05, 4.69) is 0 Å². The fourth-order valence-corrected chi connectivity index (χ4v) is 2.35. The summed E-state index contributed by atoms with van der Waals surface area (Å²) >= 11 is 0. The van der Waals surface area contributed by atoms with Gasteiger partial charge in [0.05, 0.1) is 5.56 Å². The van der Waals surface area contributed by atoms with Crippen LogP contribution in [0.3, 0.4) is 0 Å². The number of carbonyl (C=O) groups excluding carboxylic acids is 1. The van der Waals surface area contributed by atoms with Crippen LogP contribution in [0.5, 0.6) is 11.5 Å². The molecule has 0 spiro atoms. The smallest absolute Gasteiger partial charge is 0.340 e. The summed E-state index contributed by atoms with van der Waals surface area (Å²) in [5, 5.41) is 38.0. The molecule has 1 fully saturated rings. The van der Waals surface area contributed by atoms with Crippen molar-refractivity contribution in [3.63, 3.8) is 0 Å². The predicted octanol–water partition coefficient (Wildman–Crippen LogP) is -1.54. The quantitative estimate of drug-likeness (QED) is 0.476. The van der Waals surface area contributed by atoms with Crippen LogP contribution in [0.4, 0.5) is 0 Å². The molecule has 24 heavy (non-hydrogen) atoms. The van der Waals surface area contributed by atoms with E-state index in [0.29, 0.717) is 11.5 Å². The first kappa shape index (κ1) is 16.5. The molecule has 10 heteroatoms.